The third-order valence-corrected chi connectivity index (χ3v) is 6.05. The van der Waals surface area contributed by atoms with Crippen LogP contribution in [0, 0.1) is 0 Å². The van der Waals surface area contributed by atoms with Crippen LogP contribution in [0.25, 0.3) is 10.8 Å². The summed E-state index contributed by atoms with van der Waals surface area (Å²) in [5, 5.41) is 1.53. The molecule has 1 amide bonds. The van der Waals surface area contributed by atoms with Crippen molar-refractivity contribution in [3.8, 4) is 0 Å². The van der Waals surface area contributed by atoms with Gasteiger partial charge in [-0.15, -0.1) is 0 Å². The van der Waals surface area contributed by atoms with Crippen LogP contribution < -0.4 is 14.5 Å². The minimum Gasteiger partial charge on any atom is -0.377 e. The summed E-state index contributed by atoms with van der Waals surface area (Å²) in [4.78, 5) is 15.1. The fourth-order valence-corrected chi connectivity index (χ4v) is 4.32. The molecule has 0 unspecified atom stereocenters. The Labute approximate surface area is 165 Å². The Bertz CT molecular complexity index is 1120. The van der Waals surface area contributed by atoms with E-state index in [2.05, 4.69) is 4.72 Å². The van der Waals surface area contributed by atoms with Crippen molar-refractivity contribution in [3.63, 3.8) is 0 Å². The van der Waals surface area contributed by atoms with E-state index < -0.39 is 10.0 Å². The molecule has 3 aromatic carbocycles. The summed E-state index contributed by atoms with van der Waals surface area (Å²) < 4.78 is 28.7. The molecule has 0 saturated carbocycles. The van der Waals surface area contributed by atoms with Gasteiger partial charge in [-0.2, -0.15) is 0 Å². The van der Waals surface area contributed by atoms with Crippen molar-refractivity contribution >= 4 is 43.8 Å². The van der Waals surface area contributed by atoms with Gasteiger partial charge in [-0.1, -0.05) is 24.3 Å². The first-order valence-corrected chi connectivity index (χ1v) is 10.3. The number of sulfonamides is 1. The minimum absolute atomic E-state index is 0.0965. The summed E-state index contributed by atoms with van der Waals surface area (Å²) in [6, 6.07) is 17.6. The van der Waals surface area contributed by atoms with Gasteiger partial charge in [0.2, 0.25) is 5.91 Å². The molecule has 0 saturated heterocycles. The van der Waals surface area contributed by atoms with Crippen molar-refractivity contribution in [2.24, 2.45) is 0 Å². The molecule has 146 valence electrons. The van der Waals surface area contributed by atoms with E-state index in [9.17, 15) is 13.2 Å². The van der Waals surface area contributed by atoms with Gasteiger partial charge in [0.25, 0.3) is 10.0 Å². The zero-order chi connectivity index (χ0) is 20.5. The molecule has 0 bridgehead atoms. The molecule has 0 fully saturated rings. The second kappa shape index (κ2) is 7.52. The van der Waals surface area contributed by atoms with Gasteiger partial charge < -0.3 is 9.80 Å². The lowest BCUT2D eigenvalue weighted by molar-refractivity contribution is -0.116. The van der Waals surface area contributed by atoms with E-state index in [1.807, 2.05) is 43.3 Å². The van der Waals surface area contributed by atoms with Crippen LogP contribution in [-0.2, 0) is 14.8 Å². The number of carbonyl (C=O) groups excluding carboxylic acids is 1. The number of benzene rings is 3. The molecule has 0 aromatic heterocycles. The van der Waals surface area contributed by atoms with E-state index in [0.717, 1.165) is 11.1 Å². The number of rotatable bonds is 5. The molecule has 7 heteroatoms. The molecule has 6 nitrogen and oxygen atoms in total. The first kappa shape index (κ1) is 19.7. The largest absolute Gasteiger partial charge is 0.377 e. The van der Waals surface area contributed by atoms with Crippen LogP contribution in [0.3, 0.4) is 0 Å². The van der Waals surface area contributed by atoms with Crippen LogP contribution in [-0.4, -0.2) is 35.5 Å². The molecule has 0 aliphatic rings. The summed E-state index contributed by atoms with van der Waals surface area (Å²) in [6.45, 7) is 1.47. The Morgan fingerprint density at radius 1 is 0.857 bits per heavy atom. The van der Waals surface area contributed by atoms with Crippen molar-refractivity contribution in [1.82, 2.24) is 0 Å². The normalized spacial score (nSPS) is 11.3. The molecular formula is C21H23N3O3S. The Balaban J connectivity index is 1.98. The van der Waals surface area contributed by atoms with Crippen molar-refractivity contribution in [2.45, 2.75) is 11.8 Å². The molecule has 28 heavy (non-hydrogen) atoms. The van der Waals surface area contributed by atoms with Gasteiger partial charge in [0.05, 0.1) is 4.90 Å². The number of carbonyl (C=O) groups is 1. The highest BCUT2D eigenvalue weighted by atomic mass is 32.2. The van der Waals surface area contributed by atoms with Crippen molar-refractivity contribution in [1.29, 1.82) is 0 Å². The number of hydrogen-bond acceptors (Lipinski definition) is 4. The quantitative estimate of drug-likeness (QED) is 0.713. The SMILES string of the molecule is CC(=O)N(C)c1ccc(NS(=O)(=O)c2cccc3c(N(C)C)cccc23)cc1. The summed E-state index contributed by atoms with van der Waals surface area (Å²) in [5.41, 5.74) is 2.07. The molecule has 0 aliphatic heterocycles. The Hall–Kier alpha value is -3.06. The fraction of sp³-hybridized carbons (Fsp3) is 0.190. The van der Waals surface area contributed by atoms with Gasteiger partial charge in [-0.05, 0) is 36.4 Å². The van der Waals surface area contributed by atoms with Gasteiger partial charge in [-0.3, -0.25) is 9.52 Å². The second-order valence-corrected chi connectivity index (χ2v) is 8.40. The van der Waals surface area contributed by atoms with Gasteiger partial charge in [0, 0.05) is 55.9 Å². The minimum atomic E-state index is -3.78. The van der Waals surface area contributed by atoms with E-state index in [1.54, 1.807) is 43.4 Å². The van der Waals surface area contributed by atoms with Crippen LogP contribution in [0.4, 0.5) is 17.1 Å². The molecule has 0 aliphatic carbocycles. The number of hydrogen-bond donors (Lipinski definition) is 1. The fourth-order valence-electron chi connectivity index (χ4n) is 3.03. The molecule has 1 N–H and O–H groups in total. The molecule has 3 rings (SSSR count). The summed E-state index contributed by atoms with van der Waals surface area (Å²) in [6.07, 6.45) is 0. The highest BCUT2D eigenvalue weighted by Crippen LogP contribution is 2.31. The van der Waals surface area contributed by atoms with Gasteiger partial charge in [0.1, 0.15) is 0 Å². The number of amides is 1. The number of nitrogens with zero attached hydrogens (tertiary/aromatic N) is 2. The van der Waals surface area contributed by atoms with E-state index in [4.69, 9.17) is 0 Å². The van der Waals surface area contributed by atoms with E-state index in [1.165, 1.54) is 11.8 Å². The second-order valence-electron chi connectivity index (χ2n) is 6.75. The third-order valence-electron chi connectivity index (χ3n) is 4.61. The maximum atomic E-state index is 13.0. The third kappa shape index (κ3) is 3.80. The molecule has 0 atom stereocenters. The van der Waals surface area contributed by atoms with E-state index in [0.29, 0.717) is 16.8 Å². The smallest absolute Gasteiger partial charge is 0.262 e. The highest BCUT2D eigenvalue weighted by Gasteiger charge is 2.19. The lowest BCUT2D eigenvalue weighted by atomic mass is 10.1. The standard InChI is InChI=1S/C21H23N3O3S/c1-15(25)24(4)17-13-11-16(12-14-17)22-28(26,27)21-10-6-7-18-19(21)8-5-9-20(18)23(2)3/h5-14,22H,1-4H3. The average Bonchev–Trinajstić information content (AvgIpc) is 2.66. The van der Waals surface area contributed by atoms with Crippen LogP contribution in [0.5, 0.6) is 0 Å². The molecule has 0 heterocycles. The van der Waals surface area contributed by atoms with Crippen LogP contribution in [0.2, 0.25) is 0 Å². The zero-order valence-corrected chi connectivity index (χ0v) is 17.1. The molecule has 3 aromatic rings. The lowest BCUT2D eigenvalue weighted by Gasteiger charge is -2.18. The van der Waals surface area contributed by atoms with E-state index >= 15 is 0 Å². The van der Waals surface area contributed by atoms with Crippen LogP contribution in [0.15, 0.2) is 65.6 Å². The Morgan fingerprint density at radius 2 is 1.46 bits per heavy atom. The number of anilines is 3. The predicted molar refractivity (Wildman–Crippen MR) is 115 cm³/mol. The maximum Gasteiger partial charge on any atom is 0.262 e. The van der Waals surface area contributed by atoms with Gasteiger partial charge >= 0.3 is 0 Å². The maximum absolute atomic E-state index is 13.0. The number of nitrogens with one attached hydrogen (secondary N) is 1. The van der Waals surface area contributed by atoms with Gasteiger partial charge in [0.15, 0.2) is 0 Å². The van der Waals surface area contributed by atoms with E-state index in [-0.39, 0.29) is 10.8 Å². The first-order chi connectivity index (χ1) is 13.2. The monoisotopic (exact) mass is 397 g/mol. The first-order valence-electron chi connectivity index (χ1n) is 8.77. The summed E-state index contributed by atoms with van der Waals surface area (Å²) in [7, 11) is 1.73. The molecule has 0 radical (unpaired) electrons. The summed E-state index contributed by atoms with van der Waals surface area (Å²) >= 11 is 0. The predicted octanol–water partition coefficient (Wildman–Crippen LogP) is 3.69. The Morgan fingerprint density at radius 3 is 2.07 bits per heavy atom. The molecular weight excluding hydrogens is 374 g/mol. The summed E-state index contributed by atoms with van der Waals surface area (Å²) in [5.74, 6) is -0.0965. The van der Waals surface area contributed by atoms with Gasteiger partial charge in [-0.25, -0.2) is 8.42 Å². The van der Waals surface area contributed by atoms with Crippen molar-refractivity contribution in [2.75, 3.05) is 35.7 Å². The molecule has 0 spiro atoms. The average molecular weight is 398 g/mol. The highest BCUT2D eigenvalue weighted by molar-refractivity contribution is 7.93. The van der Waals surface area contributed by atoms with Crippen LogP contribution >= 0.6 is 0 Å². The lowest BCUT2D eigenvalue weighted by Crippen LogP contribution is -2.22. The number of fused-ring (bicyclic) bond motifs is 1. The van der Waals surface area contributed by atoms with Crippen molar-refractivity contribution in [3.05, 3.63) is 60.7 Å². The zero-order valence-electron chi connectivity index (χ0n) is 16.3. The topological polar surface area (TPSA) is 69.7 Å². The van der Waals surface area contributed by atoms with Crippen molar-refractivity contribution < 1.29 is 13.2 Å². The Kier molecular flexibility index (Phi) is 5.29. The van der Waals surface area contributed by atoms with Crippen LogP contribution in [0.1, 0.15) is 6.92 Å².